The van der Waals surface area contributed by atoms with Gasteiger partial charge in [0, 0.05) is 12.8 Å². The van der Waals surface area contributed by atoms with E-state index in [1.54, 1.807) is 0 Å². The van der Waals surface area contributed by atoms with Crippen LogP contribution in [0.1, 0.15) is 322 Å². The predicted molar refractivity (Wildman–Crippen MR) is 401 cm³/mol. The maximum absolute atomic E-state index is 13.0. The predicted octanol–water partition coefficient (Wildman–Crippen LogP) is 24.5. The standard InChI is InChI=1S/C84H143NO8/c1-6-8-10-12-14-16-18-20-22-24-26-28-30-32-34-35-36-37-38-39-40-41-42-43-44-45-46-47-49-51-53-55-57-59-61-63-65-67-69-71-73-75-82(87)93-80(79-92-84(83(88)89)90-77-76-85(3,4)5)78-91-81(86)74-72-70-68-66-64-62-60-58-56-54-52-50-48-33-31-29-27-25-23-21-19-17-15-13-11-9-7-2/h8,10,14,16,20,22,25-28,32,34,36-37,39-40,42-43,45-46,49,51,80,84H,6-7,9,11-13,15,17-19,21,23-24,29-31,33,35,38,41,44,47-48,50,52-79H2,1-5H3/p+1/b10-8-,16-14-,22-20-,27-25-,28-26-,34-32-,37-36-,40-39-,43-42-,46-45-,51-49-. The van der Waals surface area contributed by atoms with E-state index < -0.39 is 24.3 Å². The number of hydrogen-bond donors (Lipinski definition) is 1. The molecule has 0 rings (SSSR count). The molecular weight excluding hydrogens is 1150 g/mol. The second-order valence-electron chi connectivity index (χ2n) is 26.6. The average Bonchev–Trinajstić information content (AvgIpc) is 3.38. The largest absolute Gasteiger partial charge is 0.477 e. The van der Waals surface area contributed by atoms with E-state index in [1.807, 2.05) is 21.1 Å². The first-order chi connectivity index (χ1) is 45.6. The van der Waals surface area contributed by atoms with Gasteiger partial charge in [-0.2, -0.15) is 0 Å². The van der Waals surface area contributed by atoms with Crippen LogP contribution in [0.2, 0.25) is 0 Å². The van der Waals surface area contributed by atoms with Gasteiger partial charge in [0.25, 0.3) is 6.29 Å². The van der Waals surface area contributed by atoms with E-state index in [-0.39, 0.29) is 32.2 Å². The van der Waals surface area contributed by atoms with Crippen molar-refractivity contribution in [3.63, 3.8) is 0 Å². The number of quaternary nitrogens is 1. The Balaban J connectivity index is 4.11. The lowest BCUT2D eigenvalue weighted by molar-refractivity contribution is -0.870. The van der Waals surface area contributed by atoms with Crippen LogP contribution in [-0.4, -0.2) is 87.4 Å². The number of unbranched alkanes of at least 4 members (excludes halogenated alkanes) is 33. The van der Waals surface area contributed by atoms with Crippen LogP contribution in [-0.2, 0) is 33.3 Å². The maximum Gasteiger partial charge on any atom is 0.361 e. The van der Waals surface area contributed by atoms with Crippen molar-refractivity contribution >= 4 is 17.9 Å². The van der Waals surface area contributed by atoms with Crippen molar-refractivity contribution < 1.29 is 42.9 Å². The number of nitrogens with zero attached hydrogens (tertiary/aromatic N) is 1. The molecule has 0 amide bonds. The van der Waals surface area contributed by atoms with Gasteiger partial charge in [-0.1, -0.05) is 327 Å². The summed E-state index contributed by atoms with van der Waals surface area (Å²) in [4.78, 5) is 37.7. The van der Waals surface area contributed by atoms with Crippen molar-refractivity contribution in [2.24, 2.45) is 0 Å². The molecule has 0 radical (unpaired) electrons. The Morgan fingerprint density at radius 1 is 0.333 bits per heavy atom. The first-order valence-electron chi connectivity index (χ1n) is 38.3. The third-order valence-corrected chi connectivity index (χ3v) is 16.4. The Morgan fingerprint density at radius 3 is 0.925 bits per heavy atom. The molecule has 0 aromatic carbocycles. The van der Waals surface area contributed by atoms with Crippen LogP contribution in [0, 0.1) is 0 Å². The van der Waals surface area contributed by atoms with Gasteiger partial charge in [-0.05, 0) is 116 Å². The van der Waals surface area contributed by atoms with Crippen LogP contribution in [0.25, 0.3) is 0 Å². The van der Waals surface area contributed by atoms with Crippen LogP contribution in [0.15, 0.2) is 134 Å². The molecule has 0 aromatic rings. The van der Waals surface area contributed by atoms with E-state index in [9.17, 15) is 19.5 Å². The van der Waals surface area contributed by atoms with Gasteiger partial charge in [-0.25, -0.2) is 4.79 Å². The SMILES string of the molecule is CC/C=C\C/C=C\C/C=C\C/C=C\C/C=C\C/C=C\C/C=C\C/C=C\C/C=C\C/C=C\CCCCCCCCCCCCC(=O)OC(COC(=O)CCCCCCCCCCCCCCCCC/C=C\CCCCCCCCCC)COC(OCC[N+](C)(C)C)C(=O)O. The third-order valence-electron chi connectivity index (χ3n) is 16.4. The smallest absolute Gasteiger partial charge is 0.361 e. The lowest BCUT2D eigenvalue weighted by Crippen LogP contribution is -2.40. The summed E-state index contributed by atoms with van der Waals surface area (Å²) in [6.45, 7) is 4.78. The summed E-state index contributed by atoms with van der Waals surface area (Å²) < 4.78 is 23.0. The Kier molecular flexibility index (Phi) is 69.6. The fraction of sp³-hybridized carbons (Fsp3) is 0.702. The number of carbonyl (C=O) groups excluding carboxylic acids is 2. The maximum atomic E-state index is 13.0. The number of carboxylic acid groups (broad SMARTS) is 1. The molecule has 0 spiro atoms. The first-order valence-corrected chi connectivity index (χ1v) is 38.3. The van der Waals surface area contributed by atoms with Gasteiger partial charge in [-0.15, -0.1) is 0 Å². The minimum Gasteiger partial charge on any atom is -0.477 e. The molecule has 0 aliphatic carbocycles. The highest BCUT2D eigenvalue weighted by atomic mass is 16.7. The number of allylic oxidation sites excluding steroid dienone is 22. The minimum absolute atomic E-state index is 0.183. The number of hydrogen-bond acceptors (Lipinski definition) is 7. The van der Waals surface area contributed by atoms with Gasteiger partial charge in [0.1, 0.15) is 13.2 Å². The Labute approximate surface area is 573 Å². The molecule has 2 atom stereocenters. The van der Waals surface area contributed by atoms with E-state index in [0.717, 1.165) is 109 Å². The van der Waals surface area contributed by atoms with Gasteiger partial charge in [0.2, 0.25) is 0 Å². The van der Waals surface area contributed by atoms with E-state index in [1.165, 1.54) is 180 Å². The van der Waals surface area contributed by atoms with Crippen LogP contribution >= 0.6 is 0 Å². The van der Waals surface area contributed by atoms with Crippen LogP contribution in [0.5, 0.6) is 0 Å². The summed E-state index contributed by atoms with van der Waals surface area (Å²) >= 11 is 0. The molecule has 1 N–H and O–H groups in total. The second kappa shape index (κ2) is 73.2. The summed E-state index contributed by atoms with van der Waals surface area (Å²) in [7, 11) is 5.98. The zero-order valence-electron chi connectivity index (χ0n) is 60.9. The molecule has 532 valence electrons. The van der Waals surface area contributed by atoms with Crippen molar-refractivity contribution in [2.45, 2.75) is 334 Å². The molecule has 0 saturated heterocycles. The fourth-order valence-corrected chi connectivity index (χ4v) is 10.6. The van der Waals surface area contributed by atoms with Gasteiger partial charge < -0.3 is 28.5 Å². The zero-order chi connectivity index (χ0) is 67.5. The monoisotopic (exact) mass is 1300 g/mol. The lowest BCUT2D eigenvalue weighted by atomic mass is 10.0. The number of carboxylic acids is 1. The quantitative estimate of drug-likeness (QED) is 0.0211. The van der Waals surface area contributed by atoms with Gasteiger partial charge in [-0.3, -0.25) is 9.59 Å². The summed E-state index contributed by atoms with van der Waals surface area (Å²) in [6.07, 6.45) is 103. The summed E-state index contributed by atoms with van der Waals surface area (Å²) in [6, 6.07) is 0. The molecule has 0 aromatic heterocycles. The fourth-order valence-electron chi connectivity index (χ4n) is 10.6. The molecule has 0 fully saturated rings. The topological polar surface area (TPSA) is 108 Å². The molecule has 9 heteroatoms. The number of esters is 2. The summed E-state index contributed by atoms with van der Waals surface area (Å²) in [5.41, 5.74) is 0. The highest BCUT2D eigenvalue weighted by Crippen LogP contribution is 2.17. The van der Waals surface area contributed by atoms with Crippen molar-refractivity contribution in [3.8, 4) is 0 Å². The normalized spacial score (nSPS) is 13.4. The van der Waals surface area contributed by atoms with Crippen LogP contribution in [0.4, 0.5) is 0 Å². The molecule has 0 bridgehead atoms. The van der Waals surface area contributed by atoms with Gasteiger partial charge >= 0.3 is 17.9 Å². The van der Waals surface area contributed by atoms with Crippen molar-refractivity contribution in [3.05, 3.63) is 134 Å². The van der Waals surface area contributed by atoms with Crippen molar-refractivity contribution in [1.82, 2.24) is 0 Å². The highest BCUT2D eigenvalue weighted by Gasteiger charge is 2.25. The average molecular weight is 1300 g/mol. The Morgan fingerprint density at radius 2 is 0.613 bits per heavy atom. The van der Waals surface area contributed by atoms with E-state index in [0.29, 0.717) is 23.9 Å². The Bertz CT molecular complexity index is 2000. The number of rotatable bonds is 70. The highest BCUT2D eigenvalue weighted by molar-refractivity contribution is 5.71. The second-order valence-corrected chi connectivity index (χ2v) is 26.6. The van der Waals surface area contributed by atoms with E-state index in [2.05, 4.69) is 148 Å². The summed E-state index contributed by atoms with van der Waals surface area (Å²) in [5, 5.41) is 9.76. The van der Waals surface area contributed by atoms with E-state index >= 15 is 0 Å². The van der Waals surface area contributed by atoms with Crippen LogP contribution in [0.3, 0.4) is 0 Å². The molecule has 0 heterocycles. The number of carbonyl (C=O) groups is 3. The number of aliphatic carboxylic acids is 1. The molecular formula is C84H144NO8+. The Hall–Kier alpha value is -4.57. The van der Waals surface area contributed by atoms with Gasteiger partial charge in [0.05, 0.1) is 34.4 Å². The molecule has 0 aliphatic rings. The van der Waals surface area contributed by atoms with Crippen molar-refractivity contribution in [1.29, 1.82) is 0 Å². The molecule has 9 nitrogen and oxygen atoms in total. The van der Waals surface area contributed by atoms with Gasteiger partial charge in [0.15, 0.2) is 6.10 Å². The number of ether oxygens (including phenoxy) is 4. The van der Waals surface area contributed by atoms with E-state index in [4.69, 9.17) is 18.9 Å². The molecule has 0 saturated carbocycles. The lowest BCUT2D eigenvalue weighted by Gasteiger charge is -2.25. The number of likely N-dealkylation sites (N-methyl/N-ethyl adjacent to an activating group) is 1. The molecule has 93 heavy (non-hydrogen) atoms. The zero-order valence-corrected chi connectivity index (χ0v) is 60.9. The molecule has 2 unspecified atom stereocenters. The minimum atomic E-state index is -1.52. The summed E-state index contributed by atoms with van der Waals surface area (Å²) in [5.74, 6) is -2.01. The third kappa shape index (κ3) is 74.7. The van der Waals surface area contributed by atoms with Crippen molar-refractivity contribution in [2.75, 3.05) is 47.5 Å². The first kappa shape index (κ1) is 88.4. The molecule has 0 aliphatic heterocycles. The van der Waals surface area contributed by atoms with Crippen LogP contribution < -0.4 is 0 Å².